The van der Waals surface area contributed by atoms with Crippen molar-refractivity contribution in [2.24, 2.45) is 0 Å². The van der Waals surface area contributed by atoms with Crippen LogP contribution >= 0.6 is 0 Å². The standard InChI is InChI=1S/C11H16N2O2/c1-7(2)13(3)11(15)8-4-5-9(12)10(14)6-8/h4-7,14H,12H2,1-3H3. The van der Waals surface area contributed by atoms with Crippen molar-refractivity contribution in [3.8, 4) is 5.75 Å². The average molecular weight is 208 g/mol. The van der Waals surface area contributed by atoms with Gasteiger partial charge in [0.1, 0.15) is 5.75 Å². The fourth-order valence-electron chi connectivity index (χ4n) is 1.11. The molecular weight excluding hydrogens is 192 g/mol. The molecule has 0 bridgehead atoms. The number of nitrogen functional groups attached to an aromatic ring is 1. The highest BCUT2D eigenvalue weighted by Gasteiger charge is 2.15. The van der Waals surface area contributed by atoms with E-state index in [2.05, 4.69) is 0 Å². The van der Waals surface area contributed by atoms with Gasteiger partial charge in [0, 0.05) is 18.7 Å². The number of carbonyl (C=O) groups is 1. The fraction of sp³-hybridized carbons (Fsp3) is 0.364. The van der Waals surface area contributed by atoms with E-state index in [-0.39, 0.29) is 23.4 Å². The van der Waals surface area contributed by atoms with Crippen LogP contribution in [0.5, 0.6) is 5.75 Å². The maximum absolute atomic E-state index is 11.8. The number of rotatable bonds is 2. The average Bonchev–Trinajstić information content (AvgIpc) is 2.19. The summed E-state index contributed by atoms with van der Waals surface area (Å²) in [5.41, 5.74) is 6.17. The molecule has 4 nitrogen and oxygen atoms in total. The van der Waals surface area contributed by atoms with E-state index in [9.17, 15) is 9.90 Å². The number of hydrogen-bond donors (Lipinski definition) is 2. The smallest absolute Gasteiger partial charge is 0.253 e. The lowest BCUT2D eigenvalue weighted by atomic mass is 10.1. The Morgan fingerprint density at radius 2 is 2.07 bits per heavy atom. The summed E-state index contributed by atoms with van der Waals surface area (Å²) in [6.45, 7) is 3.85. The third-order valence-electron chi connectivity index (χ3n) is 2.37. The predicted molar refractivity (Wildman–Crippen MR) is 59.7 cm³/mol. The number of carbonyl (C=O) groups excluding carboxylic acids is 1. The molecule has 1 aromatic rings. The Morgan fingerprint density at radius 3 is 2.53 bits per heavy atom. The SMILES string of the molecule is CC(C)N(C)C(=O)c1ccc(N)c(O)c1. The van der Waals surface area contributed by atoms with Gasteiger partial charge in [-0.3, -0.25) is 4.79 Å². The molecule has 4 heteroatoms. The number of anilines is 1. The number of hydrogen-bond acceptors (Lipinski definition) is 3. The van der Waals surface area contributed by atoms with E-state index >= 15 is 0 Å². The van der Waals surface area contributed by atoms with Gasteiger partial charge in [-0.05, 0) is 32.0 Å². The highest BCUT2D eigenvalue weighted by Crippen LogP contribution is 2.21. The van der Waals surface area contributed by atoms with E-state index in [0.29, 0.717) is 5.56 Å². The molecule has 0 atom stereocenters. The molecule has 0 saturated heterocycles. The van der Waals surface area contributed by atoms with Gasteiger partial charge in [-0.15, -0.1) is 0 Å². The summed E-state index contributed by atoms with van der Waals surface area (Å²) in [4.78, 5) is 13.4. The Morgan fingerprint density at radius 1 is 1.47 bits per heavy atom. The first-order chi connectivity index (χ1) is 6.93. The Hall–Kier alpha value is -1.71. The minimum atomic E-state index is -0.125. The first kappa shape index (κ1) is 11.4. The van der Waals surface area contributed by atoms with Gasteiger partial charge in [-0.25, -0.2) is 0 Å². The van der Waals surface area contributed by atoms with E-state index in [1.165, 1.54) is 12.1 Å². The summed E-state index contributed by atoms with van der Waals surface area (Å²) in [6, 6.07) is 4.64. The summed E-state index contributed by atoms with van der Waals surface area (Å²) in [6.07, 6.45) is 0. The molecule has 82 valence electrons. The van der Waals surface area contributed by atoms with E-state index < -0.39 is 0 Å². The van der Waals surface area contributed by atoms with Crippen LogP contribution in [0.2, 0.25) is 0 Å². The molecule has 3 N–H and O–H groups in total. The zero-order chi connectivity index (χ0) is 11.6. The van der Waals surface area contributed by atoms with Crippen molar-refractivity contribution < 1.29 is 9.90 Å². The van der Waals surface area contributed by atoms with Crippen molar-refractivity contribution >= 4 is 11.6 Å². The Balaban J connectivity index is 2.97. The molecule has 0 unspecified atom stereocenters. The maximum Gasteiger partial charge on any atom is 0.253 e. The van der Waals surface area contributed by atoms with Gasteiger partial charge in [-0.1, -0.05) is 0 Å². The summed E-state index contributed by atoms with van der Waals surface area (Å²) in [7, 11) is 1.72. The van der Waals surface area contributed by atoms with Crippen molar-refractivity contribution in [3.63, 3.8) is 0 Å². The molecule has 0 spiro atoms. The summed E-state index contributed by atoms with van der Waals surface area (Å²) < 4.78 is 0. The molecule has 0 aliphatic carbocycles. The molecule has 0 heterocycles. The molecule has 0 saturated carbocycles. The second kappa shape index (κ2) is 4.21. The van der Waals surface area contributed by atoms with E-state index in [1.54, 1.807) is 18.0 Å². The Labute approximate surface area is 89.3 Å². The van der Waals surface area contributed by atoms with Crippen LogP contribution in [-0.2, 0) is 0 Å². The van der Waals surface area contributed by atoms with Gasteiger partial charge < -0.3 is 15.7 Å². The molecule has 0 aliphatic heterocycles. The molecular formula is C11H16N2O2. The van der Waals surface area contributed by atoms with Gasteiger partial charge in [-0.2, -0.15) is 0 Å². The summed E-state index contributed by atoms with van der Waals surface area (Å²) >= 11 is 0. The van der Waals surface area contributed by atoms with Crippen LogP contribution in [0.15, 0.2) is 18.2 Å². The van der Waals surface area contributed by atoms with Crippen LogP contribution < -0.4 is 5.73 Å². The number of aromatic hydroxyl groups is 1. The first-order valence-electron chi connectivity index (χ1n) is 4.79. The van der Waals surface area contributed by atoms with Crippen LogP contribution in [0.1, 0.15) is 24.2 Å². The molecule has 1 rings (SSSR count). The van der Waals surface area contributed by atoms with Gasteiger partial charge in [0.2, 0.25) is 0 Å². The number of benzene rings is 1. The van der Waals surface area contributed by atoms with Crippen LogP contribution in [0.25, 0.3) is 0 Å². The fourth-order valence-corrected chi connectivity index (χ4v) is 1.11. The third kappa shape index (κ3) is 2.40. The summed E-state index contributed by atoms with van der Waals surface area (Å²) in [5, 5.41) is 9.37. The number of phenolic OH excluding ortho intramolecular Hbond substituents is 1. The number of nitrogens with zero attached hydrogens (tertiary/aromatic N) is 1. The van der Waals surface area contributed by atoms with Gasteiger partial charge in [0.05, 0.1) is 5.69 Å². The largest absolute Gasteiger partial charge is 0.506 e. The van der Waals surface area contributed by atoms with Gasteiger partial charge in [0.15, 0.2) is 0 Å². The number of nitrogens with two attached hydrogens (primary N) is 1. The lowest BCUT2D eigenvalue weighted by Crippen LogP contribution is -2.32. The molecule has 15 heavy (non-hydrogen) atoms. The zero-order valence-corrected chi connectivity index (χ0v) is 9.19. The molecule has 1 aromatic carbocycles. The van der Waals surface area contributed by atoms with Crippen molar-refractivity contribution in [1.82, 2.24) is 4.90 Å². The zero-order valence-electron chi connectivity index (χ0n) is 9.19. The lowest BCUT2D eigenvalue weighted by molar-refractivity contribution is 0.0754. The molecule has 0 aliphatic rings. The van der Waals surface area contributed by atoms with Crippen molar-refractivity contribution in [2.45, 2.75) is 19.9 Å². The minimum Gasteiger partial charge on any atom is -0.506 e. The maximum atomic E-state index is 11.8. The van der Waals surface area contributed by atoms with Crippen molar-refractivity contribution in [1.29, 1.82) is 0 Å². The third-order valence-corrected chi connectivity index (χ3v) is 2.37. The van der Waals surface area contributed by atoms with Crippen LogP contribution in [0, 0.1) is 0 Å². The first-order valence-corrected chi connectivity index (χ1v) is 4.79. The topological polar surface area (TPSA) is 66.6 Å². The van der Waals surface area contributed by atoms with Crippen LogP contribution in [-0.4, -0.2) is 29.0 Å². The number of phenols is 1. The van der Waals surface area contributed by atoms with Crippen LogP contribution in [0.3, 0.4) is 0 Å². The molecule has 0 radical (unpaired) electrons. The number of amides is 1. The van der Waals surface area contributed by atoms with Gasteiger partial charge in [0.25, 0.3) is 5.91 Å². The Bertz CT molecular complexity index is 375. The van der Waals surface area contributed by atoms with E-state index in [0.717, 1.165) is 0 Å². The molecule has 0 aromatic heterocycles. The minimum absolute atomic E-state index is 0.0574. The Kier molecular flexibility index (Phi) is 3.19. The lowest BCUT2D eigenvalue weighted by Gasteiger charge is -2.21. The molecule has 1 amide bonds. The second-order valence-electron chi connectivity index (χ2n) is 3.78. The monoisotopic (exact) mass is 208 g/mol. The van der Waals surface area contributed by atoms with Crippen LogP contribution in [0.4, 0.5) is 5.69 Å². The highest BCUT2D eigenvalue weighted by atomic mass is 16.3. The molecule has 0 fully saturated rings. The normalized spacial score (nSPS) is 10.4. The predicted octanol–water partition coefficient (Wildman–Crippen LogP) is 1.45. The van der Waals surface area contributed by atoms with E-state index in [1.807, 2.05) is 13.8 Å². The second-order valence-corrected chi connectivity index (χ2v) is 3.78. The summed E-state index contributed by atoms with van der Waals surface area (Å²) in [5.74, 6) is -0.182. The van der Waals surface area contributed by atoms with E-state index in [4.69, 9.17) is 5.73 Å². The van der Waals surface area contributed by atoms with Crippen molar-refractivity contribution in [2.75, 3.05) is 12.8 Å². The highest BCUT2D eigenvalue weighted by molar-refractivity contribution is 5.95. The van der Waals surface area contributed by atoms with Crippen molar-refractivity contribution in [3.05, 3.63) is 23.8 Å². The quantitative estimate of drug-likeness (QED) is 0.571. The van der Waals surface area contributed by atoms with Gasteiger partial charge >= 0.3 is 0 Å².